The van der Waals surface area contributed by atoms with Crippen molar-refractivity contribution in [2.75, 3.05) is 20.5 Å². The van der Waals surface area contributed by atoms with E-state index in [9.17, 15) is 19.7 Å². The van der Waals surface area contributed by atoms with E-state index in [1.165, 1.54) is 29.9 Å². The summed E-state index contributed by atoms with van der Waals surface area (Å²) in [5, 5.41) is 12.2. The molecule has 2 aliphatic heterocycles. The fourth-order valence-electron chi connectivity index (χ4n) is 5.18. The van der Waals surface area contributed by atoms with Crippen LogP contribution in [-0.4, -0.2) is 36.0 Å². The number of carbonyl (C=O) groups is 1. The molecule has 1 atom stereocenters. The number of allylic oxidation sites excluding steroid dienone is 1. The number of hydrogen-bond donors (Lipinski definition) is 0. The van der Waals surface area contributed by atoms with E-state index in [0.717, 1.165) is 16.9 Å². The minimum atomic E-state index is -0.893. The predicted molar refractivity (Wildman–Crippen MR) is 163 cm³/mol. The number of carbonyl (C=O) groups excluding carboxylic acids is 1. The second-order valence-corrected chi connectivity index (χ2v) is 11.0. The number of fused-ring (bicyclic) bond motifs is 2. The van der Waals surface area contributed by atoms with E-state index >= 15 is 0 Å². The van der Waals surface area contributed by atoms with E-state index in [4.69, 9.17) is 23.7 Å². The zero-order valence-corrected chi connectivity index (χ0v) is 25.3. The van der Waals surface area contributed by atoms with Gasteiger partial charge in [0.1, 0.15) is 6.61 Å². The molecule has 230 valence electrons. The third-order valence-electron chi connectivity index (χ3n) is 7.26. The Morgan fingerprint density at radius 1 is 1.13 bits per heavy atom. The van der Waals surface area contributed by atoms with Crippen LogP contribution in [0.25, 0.3) is 6.08 Å². The SMILES string of the molecule is CCOC(=O)C1=C(C)N=c2sc(=Cc3cc(OC)c(OCc4ccccc4)cc3[N+](=O)[O-])c(=O)n2C1c1ccc2c(c1)OCO2. The highest BCUT2D eigenvalue weighted by atomic mass is 32.1. The molecule has 0 spiro atoms. The predicted octanol–water partition coefficient (Wildman–Crippen LogP) is 4.02. The number of nitrogens with zero attached hydrogens (tertiary/aromatic N) is 3. The monoisotopic (exact) mass is 629 g/mol. The molecule has 0 N–H and O–H groups in total. The molecule has 1 aromatic heterocycles. The van der Waals surface area contributed by atoms with Gasteiger partial charge in [-0.05, 0) is 49.2 Å². The summed E-state index contributed by atoms with van der Waals surface area (Å²) in [6.07, 6.45) is 1.42. The Labute approximate surface area is 260 Å². The molecule has 0 radical (unpaired) electrons. The van der Waals surface area contributed by atoms with E-state index < -0.39 is 22.5 Å². The fraction of sp³-hybridized carbons (Fsp3) is 0.219. The average molecular weight is 630 g/mol. The van der Waals surface area contributed by atoms with Gasteiger partial charge in [-0.25, -0.2) is 9.79 Å². The lowest BCUT2D eigenvalue weighted by Gasteiger charge is -2.24. The Kier molecular flexibility index (Phi) is 8.09. The van der Waals surface area contributed by atoms with Crippen molar-refractivity contribution >= 4 is 29.1 Å². The average Bonchev–Trinajstić information content (AvgIpc) is 3.63. The molecule has 2 aliphatic rings. The van der Waals surface area contributed by atoms with Crippen LogP contribution in [0.2, 0.25) is 0 Å². The molecule has 45 heavy (non-hydrogen) atoms. The molecule has 0 saturated carbocycles. The first-order valence-corrected chi connectivity index (χ1v) is 14.7. The van der Waals surface area contributed by atoms with Crippen molar-refractivity contribution in [3.8, 4) is 23.0 Å². The zero-order chi connectivity index (χ0) is 31.7. The molecule has 0 saturated heterocycles. The maximum atomic E-state index is 14.1. The van der Waals surface area contributed by atoms with Crippen molar-refractivity contribution in [1.29, 1.82) is 0 Å². The Bertz CT molecular complexity index is 2030. The Balaban J connectivity index is 1.47. The van der Waals surface area contributed by atoms with E-state index in [2.05, 4.69) is 4.99 Å². The van der Waals surface area contributed by atoms with Crippen molar-refractivity contribution in [3.05, 3.63) is 118 Å². The summed E-state index contributed by atoms with van der Waals surface area (Å²) in [4.78, 5) is 43.8. The van der Waals surface area contributed by atoms with Crippen LogP contribution < -0.4 is 33.8 Å². The molecule has 0 amide bonds. The number of nitro groups is 1. The maximum absolute atomic E-state index is 14.1. The molecular formula is C32H27N3O9S. The number of methoxy groups -OCH3 is 1. The van der Waals surface area contributed by atoms with E-state index in [0.29, 0.717) is 27.6 Å². The highest BCUT2D eigenvalue weighted by molar-refractivity contribution is 7.07. The van der Waals surface area contributed by atoms with Crippen molar-refractivity contribution in [1.82, 2.24) is 4.57 Å². The van der Waals surface area contributed by atoms with Gasteiger partial charge in [0.05, 0.1) is 52.1 Å². The minimum absolute atomic E-state index is 0.0550. The number of thiazole rings is 1. The number of esters is 1. The molecule has 3 heterocycles. The summed E-state index contributed by atoms with van der Waals surface area (Å²) < 4.78 is 29.3. The minimum Gasteiger partial charge on any atom is -0.493 e. The van der Waals surface area contributed by atoms with Gasteiger partial charge in [0.25, 0.3) is 11.2 Å². The van der Waals surface area contributed by atoms with Crippen LogP contribution in [0.3, 0.4) is 0 Å². The van der Waals surface area contributed by atoms with Gasteiger partial charge in [0, 0.05) is 0 Å². The van der Waals surface area contributed by atoms with Crippen LogP contribution in [-0.2, 0) is 16.1 Å². The fourth-order valence-corrected chi connectivity index (χ4v) is 6.22. The highest BCUT2D eigenvalue weighted by Gasteiger charge is 2.34. The van der Waals surface area contributed by atoms with Crippen LogP contribution >= 0.6 is 11.3 Å². The Morgan fingerprint density at radius 2 is 1.91 bits per heavy atom. The number of benzene rings is 3. The summed E-state index contributed by atoms with van der Waals surface area (Å²) in [5.74, 6) is 0.854. The summed E-state index contributed by atoms with van der Waals surface area (Å²) in [6.45, 7) is 3.73. The third-order valence-corrected chi connectivity index (χ3v) is 8.25. The van der Waals surface area contributed by atoms with Gasteiger partial charge in [-0.15, -0.1) is 0 Å². The second kappa shape index (κ2) is 12.3. The second-order valence-electron chi connectivity index (χ2n) is 10.0. The number of aromatic nitrogens is 1. The van der Waals surface area contributed by atoms with Crippen molar-refractivity contribution < 1.29 is 33.4 Å². The molecule has 6 rings (SSSR count). The van der Waals surface area contributed by atoms with Gasteiger partial charge in [0.15, 0.2) is 27.8 Å². The van der Waals surface area contributed by atoms with Crippen LogP contribution in [0, 0.1) is 10.1 Å². The van der Waals surface area contributed by atoms with E-state index in [-0.39, 0.29) is 52.9 Å². The Hall–Kier alpha value is -5.43. The lowest BCUT2D eigenvalue weighted by atomic mass is 9.95. The van der Waals surface area contributed by atoms with Gasteiger partial charge in [-0.3, -0.25) is 19.5 Å². The standard InChI is InChI=1S/C32H27N3O9S/c1-4-41-31(37)28-18(2)33-32-34(29(28)20-10-11-23-25(12-20)44-17-43-23)30(36)27(45-32)14-21-13-24(40-3)26(15-22(21)35(38)39)42-16-19-8-6-5-7-9-19/h5-15,29H,4,16-17H2,1-3H3. The van der Waals surface area contributed by atoms with Gasteiger partial charge >= 0.3 is 5.97 Å². The first-order valence-electron chi connectivity index (χ1n) is 13.9. The van der Waals surface area contributed by atoms with Crippen molar-refractivity contribution in [3.63, 3.8) is 0 Å². The van der Waals surface area contributed by atoms with Crippen LogP contribution in [0.4, 0.5) is 5.69 Å². The smallest absolute Gasteiger partial charge is 0.338 e. The molecule has 0 fully saturated rings. The molecule has 0 bridgehead atoms. The van der Waals surface area contributed by atoms with E-state index in [1.54, 1.807) is 32.0 Å². The zero-order valence-electron chi connectivity index (χ0n) is 24.5. The molecule has 0 aliphatic carbocycles. The number of hydrogen-bond acceptors (Lipinski definition) is 11. The molecule has 3 aromatic carbocycles. The normalized spacial score (nSPS) is 15.4. The number of nitro benzene ring substituents is 1. The quantitative estimate of drug-likeness (QED) is 0.153. The summed E-state index contributed by atoms with van der Waals surface area (Å²) in [5.41, 5.74) is 1.40. The van der Waals surface area contributed by atoms with Crippen molar-refractivity contribution in [2.45, 2.75) is 26.5 Å². The summed E-state index contributed by atoms with van der Waals surface area (Å²) in [7, 11) is 1.43. The molecule has 13 heteroatoms. The lowest BCUT2D eigenvalue weighted by molar-refractivity contribution is -0.385. The van der Waals surface area contributed by atoms with Gasteiger partial charge in [0.2, 0.25) is 6.79 Å². The molecular weight excluding hydrogens is 602 g/mol. The van der Waals surface area contributed by atoms with Crippen LogP contribution in [0.15, 0.2) is 81.7 Å². The third kappa shape index (κ3) is 5.65. The molecule has 4 aromatic rings. The van der Waals surface area contributed by atoms with Gasteiger partial charge in [-0.2, -0.15) is 0 Å². The molecule has 12 nitrogen and oxygen atoms in total. The lowest BCUT2D eigenvalue weighted by Crippen LogP contribution is -2.39. The summed E-state index contributed by atoms with van der Waals surface area (Å²) in [6, 6.07) is 16.4. The maximum Gasteiger partial charge on any atom is 0.338 e. The van der Waals surface area contributed by atoms with E-state index in [1.807, 2.05) is 30.3 Å². The highest BCUT2D eigenvalue weighted by Crippen LogP contribution is 2.39. The van der Waals surface area contributed by atoms with Crippen LogP contribution in [0.1, 0.15) is 36.6 Å². The first-order chi connectivity index (χ1) is 21.8. The number of ether oxygens (including phenoxy) is 5. The van der Waals surface area contributed by atoms with Gasteiger partial charge < -0.3 is 23.7 Å². The topological polar surface area (TPSA) is 141 Å². The van der Waals surface area contributed by atoms with Crippen molar-refractivity contribution in [2.24, 2.45) is 4.99 Å². The largest absolute Gasteiger partial charge is 0.493 e. The first kappa shape index (κ1) is 29.6. The van der Waals surface area contributed by atoms with Crippen LogP contribution in [0.5, 0.6) is 23.0 Å². The Morgan fingerprint density at radius 3 is 2.64 bits per heavy atom. The number of rotatable bonds is 9. The van der Waals surface area contributed by atoms with Gasteiger partial charge in [-0.1, -0.05) is 47.7 Å². The molecule has 1 unspecified atom stereocenters. The summed E-state index contributed by atoms with van der Waals surface area (Å²) >= 11 is 1.05.